The van der Waals surface area contributed by atoms with E-state index < -0.39 is 23.6 Å². The van der Waals surface area contributed by atoms with Crippen molar-refractivity contribution in [2.45, 2.75) is 30.8 Å². The first-order chi connectivity index (χ1) is 14.6. The Labute approximate surface area is 178 Å². The summed E-state index contributed by atoms with van der Waals surface area (Å²) in [4.78, 5) is 16.1. The molecule has 2 fully saturated rings. The van der Waals surface area contributed by atoms with Gasteiger partial charge in [0.25, 0.3) is 5.91 Å². The molecular formula is C20H16ClF3N4O3. The first-order valence-corrected chi connectivity index (χ1v) is 9.88. The molecule has 5 rings (SSSR count). The van der Waals surface area contributed by atoms with E-state index in [0.29, 0.717) is 23.4 Å². The number of nitrogens with zero attached hydrogens (tertiary/aromatic N) is 2. The molecule has 3 N–H and O–H groups in total. The van der Waals surface area contributed by atoms with Crippen LogP contribution in [0.15, 0.2) is 36.8 Å². The van der Waals surface area contributed by atoms with Crippen molar-refractivity contribution >= 4 is 28.4 Å². The van der Waals surface area contributed by atoms with Gasteiger partial charge in [-0.3, -0.25) is 14.9 Å². The highest BCUT2D eigenvalue weighted by Gasteiger charge is 2.62. The van der Waals surface area contributed by atoms with Crippen molar-refractivity contribution in [1.82, 2.24) is 20.5 Å². The van der Waals surface area contributed by atoms with Gasteiger partial charge >= 0.3 is 6.36 Å². The van der Waals surface area contributed by atoms with E-state index in [-0.39, 0.29) is 23.4 Å². The maximum Gasteiger partial charge on any atom is 0.573 e. The molecular weight excluding hydrogens is 437 g/mol. The minimum atomic E-state index is -4.87. The van der Waals surface area contributed by atoms with E-state index >= 15 is 0 Å². The van der Waals surface area contributed by atoms with Crippen LogP contribution in [0.2, 0.25) is 5.02 Å². The number of pyridine rings is 1. The van der Waals surface area contributed by atoms with Crippen molar-refractivity contribution in [2.24, 2.45) is 11.8 Å². The number of H-pyrrole nitrogens is 1. The van der Waals surface area contributed by atoms with Crippen molar-refractivity contribution in [1.29, 1.82) is 0 Å². The van der Waals surface area contributed by atoms with E-state index in [1.165, 1.54) is 6.20 Å². The van der Waals surface area contributed by atoms with Gasteiger partial charge < -0.3 is 15.2 Å². The molecule has 1 aromatic carbocycles. The normalized spacial score (nSPS) is 27.2. The lowest BCUT2D eigenvalue weighted by molar-refractivity contribution is -0.274. The monoisotopic (exact) mass is 452 g/mol. The topological polar surface area (TPSA) is 100 Å². The number of alkyl halides is 3. The van der Waals surface area contributed by atoms with Crippen molar-refractivity contribution < 1.29 is 27.8 Å². The van der Waals surface area contributed by atoms with Crippen LogP contribution in [0, 0.1) is 11.8 Å². The number of hydrogen-bond donors (Lipinski definition) is 3. The predicted molar refractivity (Wildman–Crippen MR) is 103 cm³/mol. The van der Waals surface area contributed by atoms with E-state index in [2.05, 4.69) is 25.2 Å². The number of ether oxygens (including phenoxy) is 1. The summed E-state index contributed by atoms with van der Waals surface area (Å²) < 4.78 is 40.9. The van der Waals surface area contributed by atoms with Crippen LogP contribution in [-0.2, 0) is 5.60 Å². The van der Waals surface area contributed by atoms with Gasteiger partial charge in [-0.1, -0.05) is 11.6 Å². The molecule has 0 saturated heterocycles. The molecule has 31 heavy (non-hydrogen) atoms. The van der Waals surface area contributed by atoms with Crippen molar-refractivity contribution in [2.75, 3.05) is 0 Å². The molecule has 0 bridgehead atoms. The number of nitrogens with one attached hydrogen (secondary N) is 2. The van der Waals surface area contributed by atoms with Crippen molar-refractivity contribution in [3.8, 4) is 5.75 Å². The van der Waals surface area contributed by atoms with E-state index in [4.69, 9.17) is 11.6 Å². The number of benzene rings is 1. The standard InChI is InChI=1S/C20H16ClF3N4O3/c21-10-2-15(14-8-26-28-16(14)3-10)19(30)4-12-13(5-19)17(12)27-18(29)9-1-11(7-25-6-9)31-20(22,23)24/h1-3,6-8,12-13,17,30H,4-5H2,(H,26,28)(H,27,29)/t12-,13+,17?,19?. The van der Waals surface area contributed by atoms with Gasteiger partial charge in [0.2, 0.25) is 0 Å². The number of hydrogen-bond acceptors (Lipinski definition) is 5. The van der Waals surface area contributed by atoms with Crippen LogP contribution in [0.1, 0.15) is 28.8 Å². The maximum atomic E-state index is 12.5. The molecule has 162 valence electrons. The Morgan fingerprint density at radius 1 is 1.23 bits per heavy atom. The molecule has 2 saturated carbocycles. The lowest BCUT2D eigenvalue weighted by Crippen LogP contribution is -2.33. The number of aromatic amines is 1. The number of rotatable bonds is 4. The van der Waals surface area contributed by atoms with Crippen molar-refractivity contribution in [3.05, 3.63) is 52.9 Å². The van der Waals surface area contributed by atoms with Crippen LogP contribution in [0.25, 0.3) is 10.9 Å². The lowest BCUT2D eigenvalue weighted by Gasteiger charge is -2.27. The van der Waals surface area contributed by atoms with Crippen LogP contribution >= 0.6 is 11.6 Å². The van der Waals surface area contributed by atoms with Gasteiger partial charge in [0.05, 0.1) is 29.1 Å². The Balaban J connectivity index is 1.27. The average Bonchev–Trinajstić information content (AvgIpc) is 3.04. The lowest BCUT2D eigenvalue weighted by atomic mass is 9.86. The fourth-order valence-electron chi connectivity index (χ4n) is 4.67. The largest absolute Gasteiger partial charge is 0.573 e. The Bertz CT molecular complexity index is 1170. The minimum Gasteiger partial charge on any atom is -0.404 e. The highest BCUT2D eigenvalue weighted by Crippen LogP contribution is 2.60. The van der Waals surface area contributed by atoms with Gasteiger partial charge in [0, 0.05) is 22.6 Å². The third-order valence-electron chi connectivity index (χ3n) is 6.01. The van der Waals surface area contributed by atoms with Gasteiger partial charge in [-0.2, -0.15) is 5.10 Å². The molecule has 1 amide bonds. The van der Waals surface area contributed by atoms with Crippen LogP contribution in [0.5, 0.6) is 5.75 Å². The predicted octanol–water partition coefficient (Wildman–Crippen LogP) is 3.54. The second-order valence-electron chi connectivity index (χ2n) is 8.01. The number of aliphatic hydroxyl groups is 1. The van der Waals surface area contributed by atoms with Gasteiger partial charge in [-0.05, 0) is 48.4 Å². The number of halogens is 4. The summed E-state index contributed by atoms with van der Waals surface area (Å²) in [5, 5.41) is 22.2. The van der Waals surface area contributed by atoms with E-state index in [0.717, 1.165) is 23.2 Å². The highest BCUT2D eigenvalue weighted by atomic mass is 35.5. The van der Waals surface area contributed by atoms with E-state index in [1.807, 2.05) is 0 Å². The third-order valence-corrected chi connectivity index (χ3v) is 6.23. The first-order valence-electron chi connectivity index (χ1n) is 9.50. The quantitative estimate of drug-likeness (QED) is 0.562. The molecule has 2 unspecified atom stereocenters. The van der Waals surface area contributed by atoms with Crippen LogP contribution in [0.4, 0.5) is 13.2 Å². The van der Waals surface area contributed by atoms with Gasteiger partial charge in [0.15, 0.2) is 0 Å². The number of fused-ring (bicyclic) bond motifs is 2. The summed E-state index contributed by atoms with van der Waals surface area (Å²) in [7, 11) is 0. The number of carbonyl (C=O) groups is 1. The SMILES string of the molecule is O=C(NC1[C@H]2CC(O)(c3cc(Cl)cc4[nH]ncc34)C[C@@H]12)c1cncc(OC(F)(F)F)c1. The highest BCUT2D eigenvalue weighted by molar-refractivity contribution is 6.31. The fraction of sp³-hybridized carbons (Fsp3) is 0.350. The zero-order valence-electron chi connectivity index (χ0n) is 15.8. The smallest absolute Gasteiger partial charge is 0.404 e. The summed E-state index contributed by atoms with van der Waals surface area (Å²) in [5.74, 6) is -0.992. The molecule has 0 spiro atoms. The van der Waals surface area contributed by atoms with Gasteiger partial charge in [0.1, 0.15) is 5.75 Å². The second-order valence-corrected chi connectivity index (χ2v) is 8.44. The third kappa shape index (κ3) is 3.70. The average molecular weight is 453 g/mol. The first kappa shape index (κ1) is 20.1. The molecule has 0 radical (unpaired) electrons. The Kier molecular flexibility index (Phi) is 4.42. The summed E-state index contributed by atoms with van der Waals surface area (Å²) in [5.41, 5.74) is 0.306. The molecule has 2 aliphatic rings. The van der Waals surface area contributed by atoms with Gasteiger partial charge in [-0.25, -0.2) is 0 Å². The molecule has 11 heteroatoms. The number of aromatic nitrogens is 3. The van der Waals surface area contributed by atoms with E-state index in [1.54, 1.807) is 18.3 Å². The van der Waals surface area contributed by atoms with Gasteiger partial charge in [-0.15, -0.1) is 13.2 Å². The molecule has 2 aromatic heterocycles. The molecule has 3 aromatic rings. The fourth-order valence-corrected chi connectivity index (χ4v) is 4.89. The maximum absolute atomic E-state index is 12.5. The Hall–Kier alpha value is -2.85. The zero-order chi connectivity index (χ0) is 22.0. The van der Waals surface area contributed by atoms with Crippen LogP contribution in [-0.4, -0.2) is 38.6 Å². The molecule has 2 aliphatic carbocycles. The molecule has 4 atom stereocenters. The summed E-state index contributed by atoms with van der Waals surface area (Å²) in [6.45, 7) is 0. The summed E-state index contributed by atoms with van der Waals surface area (Å²) in [6.07, 6.45) is -0.301. The minimum absolute atomic E-state index is 0.0306. The Morgan fingerprint density at radius 2 is 1.97 bits per heavy atom. The van der Waals surface area contributed by atoms with Crippen molar-refractivity contribution in [3.63, 3.8) is 0 Å². The van der Waals surface area contributed by atoms with E-state index in [9.17, 15) is 23.1 Å². The molecule has 2 heterocycles. The number of amides is 1. The summed E-state index contributed by atoms with van der Waals surface area (Å²) in [6, 6.07) is 4.29. The summed E-state index contributed by atoms with van der Waals surface area (Å²) >= 11 is 6.18. The van der Waals surface area contributed by atoms with Crippen LogP contribution < -0.4 is 10.1 Å². The molecule has 7 nitrogen and oxygen atoms in total. The second kappa shape index (κ2) is 6.83. The zero-order valence-corrected chi connectivity index (χ0v) is 16.5. The molecule has 0 aliphatic heterocycles. The van der Waals surface area contributed by atoms with Crippen LogP contribution in [0.3, 0.4) is 0 Å². The number of carbonyl (C=O) groups excluding carboxylic acids is 1. The Morgan fingerprint density at radius 3 is 2.68 bits per heavy atom.